The zero-order valence-corrected chi connectivity index (χ0v) is 15.6. The number of nitriles is 1. The zero-order chi connectivity index (χ0) is 17.9. The van der Waals surface area contributed by atoms with E-state index < -0.39 is 0 Å². The van der Waals surface area contributed by atoms with Crippen LogP contribution in [0.1, 0.15) is 44.6 Å². The van der Waals surface area contributed by atoms with E-state index in [1.54, 1.807) is 7.11 Å². The molecule has 1 N–H and O–H groups in total. The highest BCUT2D eigenvalue weighted by atomic mass is 16.5. The Morgan fingerprint density at radius 3 is 2.96 bits per heavy atom. The standard InChI is InChI=1S/C20H31N3O2/c1-17-7-3-5-12-23(17)13-11-22-16-18-8-9-19(24-2)20(15-18)25-14-6-4-10-21/h8-9,15,17,22H,3-7,11-14,16H2,1-2H3. The van der Waals surface area contributed by atoms with E-state index in [9.17, 15) is 0 Å². The molecule has 138 valence electrons. The highest BCUT2D eigenvalue weighted by Gasteiger charge is 2.17. The quantitative estimate of drug-likeness (QED) is 0.659. The fourth-order valence-corrected chi connectivity index (χ4v) is 3.22. The Kier molecular flexibility index (Phi) is 8.58. The second-order valence-electron chi connectivity index (χ2n) is 6.65. The van der Waals surface area contributed by atoms with Gasteiger partial charge in [-0.05, 0) is 50.4 Å². The van der Waals surface area contributed by atoms with Crippen molar-refractivity contribution in [3.05, 3.63) is 23.8 Å². The Morgan fingerprint density at radius 1 is 1.32 bits per heavy atom. The van der Waals surface area contributed by atoms with Crippen molar-refractivity contribution in [2.45, 2.75) is 51.6 Å². The minimum absolute atomic E-state index is 0.512. The highest BCUT2D eigenvalue weighted by molar-refractivity contribution is 5.42. The second-order valence-corrected chi connectivity index (χ2v) is 6.65. The molecule has 1 heterocycles. The summed E-state index contributed by atoms with van der Waals surface area (Å²) in [4.78, 5) is 2.58. The van der Waals surface area contributed by atoms with Crippen molar-refractivity contribution in [2.75, 3.05) is 33.4 Å². The van der Waals surface area contributed by atoms with E-state index in [1.165, 1.54) is 31.4 Å². The predicted molar refractivity (Wildman–Crippen MR) is 99.9 cm³/mol. The van der Waals surface area contributed by atoms with E-state index in [-0.39, 0.29) is 0 Å². The first-order chi connectivity index (χ1) is 12.2. The summed E-state index contributed by atoms with van der Waals surface area (Å²) in [5.41, 5.74) is 1.18. The Hall–Kier alpha value is -1.77. The Labute approximate surface area is 151 Å². The maximum absolute atomic E-state index is 8.60. The molecule has 0 bridgehead atoms. The summed E-state index contributed by atoms with van der Waals surface area (Å²) in [6.07, 6.45) is 5.27. The number of likely N-dealkylation sites (tertiary alicyclic amines) is 1. The van der Waals surface area contributed by atoms with Gasteiger partial charge in [0.25, 0.3) is 0 Å². The fraction of sp³-hybridized carbons (Fsp3) is 0.650. The van der Waals surface area contributed by atoms with Crippen molar-refractivity contribution in [3.8, 4) is 17.6 Å². The third-order valence-corrected chi connectivity index (χ3v) is 4.76. The van der Waals surface area contributed by atoms with Crippen molar-refractivity contribution < 1.29 is 9.47 Å². The zero-order valence-electron chi connectivity index (χ0n) is 15.6. The molecule has 1 saturated heterocycles. The van der Waals surface area contributed by atoms with Crippen LogP contribution in [0, 0.1) is 11.3 Å². The molecule has 1 aromatic carbocycles. The lowest BCUT2D eigenvalue weighted by molar-refractivity contribution is 0.161. The molecule has 0 amide bonds. The van der Waals surface area contributed by atoms with Gasteiger partial charge in [-0.3, -0.25) is 4.90 Å². The van der Waals surface area contributed by atoms with Gasteiger partial charge in [-0.2, -0.15) is 5.26 Å². The van der Waals surface area contributed by atoms with E-state index in [4.69, 9.17) is 14.7 Å². The van der Waals surface area contributed by atoms with Crippen LogP contribution in [0.2, 0.25) is 0 Å². The van der Waals surface area contributed by atoms with Crippen LogP contribution >= 0.6 is 0 Å². The monoisotopic (exact) mass is 345 g/mol. The summed E-state index contributed by atoms with van der Waals surface area (Å²) in [5, 5.41) is 12.1. The van der Waals surface area contributed by atoms with E-state index in [2.05, 4.69) is 29.3 Å². The topological polar surface area (TPSA) is 57.5 Å². The first kappa shape index (κ1) is 19.6. The number of hydrogen-bond acceptors (Lipinski definition) is 5. The molecule has 0 aliphatic carbocycles. The minimum Gasteiger partial charge on any atom is -0.493 e. The fourth-order valence-electron chi connectivity index (χ4n) is 3.22. The second kappa shape index (κ2) is 11.0. The lowest BCUT2D eigenvalue weighted by Crippen LogP contribution is -2.41. The molecule has 0 saturated carbocycles. The molecular formula is C20H31N3O2. The molecule has 25 heavy (non-hydrogen) atoms. The molecule has 1 atom stereocenters. The minimum atomic E-state index is 0.512. The van der Waals surface area contributed by atoms with Crippen LogP contribution < -0.4 is 14.8 Å². The van der Waals surface area contributed by atoms with Crippen molar-refractivity contribution >= 4 is 0 Å². The third-order valence-electron chi connectivity index (χ3n) is 4.76. The number of ether oxygens (including phenoxy) is 2. The Morgan fingerprint density at radius 2 is 2.20 bits per heavy atom. The highest BCUT2D eigenvalue weighted by Crippen LogP contribution is 2.28. The Balaban J connectivity index is 1.77. The van der Waals surface area contributed by atoms with Gasteiger partial charge in [0.2, 0.25) is 0 Å². The number of methoxy groups -OCH3 is 1. The van der Waals surface area contributed by atoms with Crippen LogP contribution in [-0.2, 0) is 6.54 Å². The predicted octanol–water partition coefficient (Wildman–Crippen LogP) is 3.34. The first-order valence-corrected chi connectivity index (χ1v) is 9.36. The number of hydrogen-bond donors (Lipinski definition) is 1. The number of benzene rings is 1. The maximum Gasteiger partial charge on any atom is 0.161 e. The van der Waals surface area contributed by atoms with Gasteiger partial charge in [-0.25, -0.2) is 0 Å². The molecule has 1 unspecified atom stereocenters. The number of piperidine rings is 1. The van der Waals surface area contributed by atoms with Gasteiger partial charge in [0, 0.05) is 32.1 Å². The van der Waals surface area contributed by atoms with Crippen molar-refractivity contribution in [2.24, 2.45) is 0 Å². The summed E-state index contributed by atoms with van der Waals surface area (Å²) in [5.74, 6) is 1.49. The normalized spacial score (nSPS) is 17.9. The third kappa shape index (κ3) is 6.56. The average Bonchev–Trinajstić information content (AvgIpc) is 2.64. The van der Waals surface area contributed by atoms with Crippen LogP contribution in [0.5, 0.6) is 11.5 Å². The summed E-state index contributed by atoms with van der Waals surface area (Å²) >= 11 is 0. The maximum atomic E-state index is 8.60. The molecule has 0 spiro atoms. The molecule has 1 aromatic rings. The van der Waals surface area contributed by atoms with Gasteiger partial charge in [-0.1, -0.05) is 12.5 Å². The molecule has 1 aliphatic heterocycles. The summed E-state index contributed by atoms with van der Waals surface area (Å²) in [7, 11) is 1.65. The molecule has 5 nitrogen and oxygen atoms in total. The van der Waals surface area contributed by atoms with Gasteiger partial charge in [0.1, 0.15) is 0 Å². The molecule has 1 aliphatic rings. The molecule has 5 heteroatoms. The SMILES string of the molecule is COc1ccc(CNCCN2CCCCC2C)cc1OCCCC#N. The van der Waals surface area contributed by atoms with Crippen LogP contribution in [0.15, 0.2) is 18.2 Å². The summed E-state index contributed by atoms with van der Waals surface area (Å²) in [6, 6.07) is 8.89. The molecule has 0 radical (unpaired) electrons. The van der Waals surface area contributed by atoms with Crippen LogP contribution in [-0.4, -0.2) is 44.3 Å². The van der Waals surface area contributed by atoms with E-state index in [0.717, 1.165) is 37.6 Å². The first-order valence-electron chi connectivity index (χ1n) is 9.36. The number of nitrogens with zero attached hydrogens (tertiary/aromatic N) is 2. The van der Waals surface area contributed by atoms with Crippen molar-refractivity contribution in [1.82, 2.24) is 10.2 Å². The van der Waals surface area contributed by atoms with E-state index >= 15 is 0 Å². The van der Waals surface area contributed by atoms with Crippen LogP contribution in [0.4, 0.5) is 0 Å². The van der Waals surface area contributed by atoms with E-state index in [1.807, 2.05) is 12.1 Å². The van der Waals surface area contributed by atoms with Gasteiger partial charge in [0.05, 0.1) is 19.8 Å². The molecule has 2 rings (SSSR count). The number of unbranched alkanes of at least 4 members (excludes halogenated alkanes) is 1. The number of nitrogens with one attached hydrogen (secondary N) is 1. The van der Waals surface area contributed by atoms with Gasteiger partial charge in [0.15, 0.2) is 11.5 Å². The molecular weight excluding hydrogens is 314 g/mol. The van der Waals surface area contributed by atoms with Crippen LogP contribution in [0.25, 0.3) is 0 Å². The summed E-state index contributed by atoms with van der Waals surface area (Å²) < 4.78 is 11.1. The average molecular weight is 345 g/mol. The largest absolute Gasteiger partial charge is 0.493 e. The lowest BCUT2D eigenvalue weighted by atomic mass is 10.0. The lowest BCUT2D eigenvalue weighted by Gasteiger charge is -2.33. The van der Waals surface area contributed by atoms with Crippen molar-refractivity contribution in [3.63, 3.8) is 0 Å². The molecule has 0 aromatic heterocycles. The van der Waals surface area contributed by atoms with Gasteiger partial charge in [-0.15, -0.1) is 0 Å². The van der Waals surface area contributed by atoms with Gasteiger partial charge < -0.3 is 14.8 Å². The van der Waals surface area contributed by atoms with Crippen LogP contribution in [0.3, 0.4) is 0 Å². The van der Waals surface area contributed by atoms with Gasteiger partial charge >= 0.3 is 0 Å². The van der Waals surface area contributed by atoms with E-state index in [0.29, 0.717) is 19.1 Å². The van der Waals surface area contributed by atoms with Crippen molar-refractivity contribution in [1.29, 1.82) is 5.26 Å². The smallest absolute Gasteiger partial charge is 0.161 e. The Bertz CT molecular complexity index is 556. The summed E-state index contributed by atoms with van der Waals surface area (Å²) in [6.45, 7) is 7.02. The molecule has 1 fully saturated rings. The number of rotatable bonds is 10.